The molecule has 0 aliphatic heterocycles. The molecule has 0 spiro atoms. The molecule has 2 atom stereocenters. The molecule has 2 N–H and O–H groups in total. The minimum atomic E-state index is -0.741. The van der Waals surface area contributed by atoms with Gasteiger partial charge in [-0.3, -0.25) is 4.79 Å². The molecule has 1 fully saturated rings. The number of ether oxygens (including phenoxy) is 2. The van der Waals surface area contributed by atoms with Crippen LogP contribution in [0.25, 0.3) is 0 Å². The number of rotatable bonds is 8. The molecule has 1 unspecified atom stereocenters. The maximum Gasteiger partial charge on any atom is 0.276 e. The monoisotopic (exact) mass is 332 g/mol. The number of likely N-dealkylation sites (N-methyl/N-ethyl adjacent to an activating group) is 1. The molecule has 0 bridgehead atoms. The molecule has 1 amide bonds. The number of nitrogens with zero attached hydrogens (tertiary/aromatic N) is 1. The van der Waals surface area contributed by atoms with Gasteiger partial charge in [0, 0.05) is 11.6 Å². The lowest BCUT2D eigenvalue weighted by Gasteiger charge is -2.24. The number of hydrogen-bond acceptors (Lipinski definition) is 4. The van der Waals surface area contributed by atoms with Crippen molar-refractivity contribution in [2.45, 2.75) is 31.8 Å². The Morgan fingerprint density at radius 1 is 1.42 bits per heavy atom. The van der Waals surface area contributed by atoms with E-state index in [1.54, 1.807) is 14.2 Å². The molecule has 130 valence electrons. The van der Waals surface area contributed by atoms with E-state index in [0.717, 1.165) is 34.8 Å². The quantitative estimate of drug-likeness (QED) is 0.728. The summed E-state index contributed by atoms with van der Waals surface area (Å²) >= 11 is 0. The normalized spacial score (nSPS) is 17.3. The van der Waals surface area contributed by atoms with Crippen LogP contribution in [-0.2, 0) is 11.3 Å². The molecule has 24 heavy (non-hydrogen) atoms. The summed E-state index contributed by atoms with van der Waals surface area (Å²) < 4.78 is 10.6. The summed E-state index contributed by atoms with van der Waals surface area (Å²) in [5, 5.41) is 12.2. The Kier molecular flexibility index (Phi) is 5.68. The lowest BCUT2D eigenvalue weighted by molar-refractivity contribution is -0.885. The Labute approximate surface area is 143 Å². The first-order valence-electron chi connectivity index (χ1n) is 8.16. The van der Waals surface area contributed by atoms with E-state index in [-0.39, 0.29) is 11.8 Å². The maximum absolute atomic E-state index is 12.3. The second-order valence-electron chi connectivity index (χ2n) is 6.63. The minimum Gasteiger partial charge on any atom is -0.497 e. The number of quaternary nitrogens is 1. The molecule has 6 nitrogen and oxygen atoms in total. The first kappa shape index (κ1) is 18.1. The Bertz CT molecular complexity index is 637. The number of amides is 1. The van der Waals surface area contributed by atoms with Crippen molar-refractivity contribution in [2.24, 2.45) is 5.92 Å². The molecule has 1 aromatic carbocycles. The van der Waals surface area contributed by atoms with Gasteiger partial charge < -0.3 is 19.7 Å². The van der Waals surface area contributed by atoms with E-state index in [2.05, 4.69) is 11.4 Å². The Morgan fingerprint density at radius 3 is 2.67 bits per heavy atom. The van der Waals surface area contributed by atoms with Crippen LogP contribution in [0, 0.1) is 17.2 Å². The highest BCUT2D eigenvalue weighted by molar-refractivity contribution is 5.78. The van der Waals surface area contributed by atoms with Gasteiger partial charge in [0.25, 0.3) is 5.91 Å². The highest BCUT2D eigenvalue weighted by Gasteiger charge is 2.43. The fourth-order valence-electron chi connectivity index (χ4n) is 2.88. The topological polar surface area (TPSA) is 75.8 Å². The van der Waals surface area contributed by atoms with Crippen LogP contribution in [0.15, 0.2) is 18.2 Å². The van der Waals surface area contributed by atoms with Gasteiger partial charge in [-0.15, -0.1) is 0 Å². The van der Waals surface area contributed by atoms with Gasteiger partial charge in [-0.05, 0) is 37.8 Å². The van der Waals surface area contributed by atoms with Crippen LogP contribution in [-0.4, -0.2) is 39.3 Å². The van der Waals surface area contributed by atoms with Crippen molar-refractivity contribution in [1.82, 2.24) is 5.32 Å². The van der Waals surface area contributed by atoms with Crippen molar-refractivity contribution < 1.29 is 19.2 Å². The number of hydrogen-bond donors (Lipinski definition) is 2. The number of methoxy groups -OCH3 is 2. The van der Waals surface area contributed by atoms with Crippen LogP contribution >= 0.6 is 0 Å². The predicted molar refractivity (Wildman–Crippen MR) is 89.9 cm³/mol. The van der Waals surface area contributed by atoms with Crippen LogP contribution in [0.2, 0.25) is 0 Å². The van der Waals surface area contributed by atoms with E-state index < -0.39 is 5.54 Å². The molecular formula is C18H26N3O3+. The van der Waals surface area contributed by atoms with Gasteiger partial charge in [0.2, 0.25) is 0 Å². The van der Waals surface area contributed by atoms with E-state index in [1.807, 2.05) is 32.2 Å². The number of nitriles is 1. The molecule has 2 rings (SSSR count). The highest BCUT2D eigenvalue weighted by atomic mass is 16.5. The van der Waals surface area contributed by atoms with Crippen molar-refractivity contribution in [2.75, 3.05) is 27.8 Å². The van der Waals surface area contributed by atoms with E-state index >= 15 is 0 Å². The van der Waals surface area contributed by atoms with Gasteiger partial charge in [0.05, 0.1) is 27.3 Å². The summed E-state index contributed by atoms with van der Waals surface area (Å²) in [6.45, 7) is 2.76. The lowest BCUT2D eigenvalue weighted by atomic mass is 9.98. The highest BCUT2D eigenvalue weighted by Crippen LogP contribution is 2.39. The number of benzene rings is 1. The predicted octanol–water partition coefficient (Wildman–Crippen LogP) is 0.527. The van der Waals surface area contributed by atoms with Crippen molar-refractivity contribution in [3.05, 3.63) is 23.8 Å². The summed E-state index contributed by atoms with van der Waals surface area (Å²) in [5.41, 5.74) is 0.267. The fraction of sp³-hybridized carbons (Fsp3) is 0.556. The van der Waals surface area contributed by atoms with Gasteiger partial charge >= 0.3 is 0 Å². The zero-order chi connectivity index (χ0) is 17.7. The van der Waals surface area contributed by atoms with Crippen molar-refractivity contribution >= 4 is 5.91 Å². The van der Waals surface area contributed by atoms with Crippen molar-refractivity contribution in [3.8, 4) is 17.6 Å². The average Bonchev–Trinajstić information content (AvgIpc) is 3.40. The van der Waals surface area contributed by atoms with Gasteiger partial charge in [-0.1, -0.05) is 0 Å². The van der Waals surface area contributed by atoms with E-state index in [1.165, 1.54) is 0 Å². The van der Waals surface area contributed by atoms with Crippen molar-refractivity contribution in [3.63, 3.8) is 0 Å². The zero-order valence-corrected chi connectivity index (χ0v) is 14.8. The Morgan fingerprint density at radius 2 is 2.12 bits per heavy atom. The first-order valence-corrected chi connectivity index (χ1v) is 8.16. The molecular weight excluding hydrogens is 306 g/mol. The van der Waals surface area contributed by atoms with Crippen LogP contribution in [0.1, 0.15) is 25.3 Å². The van der Waals surface area contributed by atoms with Gasteiger partial charge in [0.15, 0.2) is 6.54 Å². The van der Waals surface area contributed by atoms with Gasteiger partial charge in [-0.2, -0.15) is 5.26 Å². The van der Waals surface area contributed by atoms with E-state index in [0.29, 0.717) is 13.1 Å². The number of nitrogens with one attached hydrogen (secondary N) is 2. The molecule has 1 aliphatic carbocycles. The van der Waals surface area contributed by atoms with Gasteiger partial charge in [0.1, 0.15) is 23.6 Å². The third-order valence-corrected chi connectivity index (χ3v) is 4.47. The SMILES string of the molecule is COc1ccc(C[NH+](C)CC(=O)N[C@@](C)(C#N)C2CC2)c(OC)c1. The number of carbonyl (C=O) groups is 1. The minimum absolute atomic E-state index is 0.101. The summed E-state index contributed by atoms with van der Waals surface area (Å²) in [5.74, 6) is 1.67. The molecule has 1 saturated carbocycles. The van der Waals surface area contributed by atoms with Crippen LogP contribution in [0.4, 0.5) is 0 Å². The molecule has 0 radical (unpaired) electrons. The summed E-state index contributed by atoms with van der Waals surface area (Å²) in [7, 11) is 5.18. The maximum atomic E-state index is 12.3. The lowest BCUT2D eigenvalue weighted by Crippen LogP contribution is -3.09. The van der Waals surface area contributed by atoms with E-state index in [4.69, 9.17) is 9.47 Å². The smallest absolute Gasteiger partial charge is 0.276 e. The number of carbonyl (C=O) groups excluding carboxylic acids is 1. The molecule has 0 aromatic heterocycles. The third kappa shape index (κ3) is 4.39. The molecule has 6 heteroatoms. The third-order valence-electron chi connectivity index (χ3n) is 4.47. The zero-order valence-electron chi connectivity index (χ0n) is 14.8. The average molecular weight is 332 g/mol. The molecule has 1 aromatic rings. The van der Waals surface area contributed by atoms with E-state index in [9.17, 15) is 10.1 Å². The van der Waals surface area contributed by atoms with Crippen molar-refractivity contribution in [1.29, 1.82) is 5.26 Å². The summed E-state index contributed by atoms with van der Waals surface area (Å²) in [6.07, 6.45) is 2.02. The van der Waals surface area contributed by atoms with Crippen LogP contribution in [0.5, 0.6) is 11.5 Å². The largest absolute Gasteiger partial charge is 0.497 e. The Balaban J connectivity index is 1.94. The molecule has 0 heterocycles. The van der Waals surface area contributed by atoms with Crippen LogP contribution < -0.4 is 19.7 Å². The molecule has 1 aliphatic rings. The first-order chi connectivity index (χ1) is 11.4. The Hall–Kier alpha value is -2.26. The summed E-state index contributed by atoms with van der Waals surface area (Å²) in [4.78, 5) is 13.3. The summed E-state index contributed by atoms with van der Waals surface area (Å²) in [6, 6.07) is 7.91. The molecule has 0 saturated heterocycles. The second-order valence-corrected chi connectivity index (χ2v) is 6.63. The van der Waals surface area contributed by atoms with Crippen LogP contribution in [0.3, 0.4) is 0 Å². The standard InChI is InChI=1S/C18H25N3O3/c1-18(12-19,14-6-7-14)20-17(22)11-21(2)10-13-5-8-15(23-3)9-16(13)24-4/h5,8-9,14H,6-7,10-11H2,1-4H3,(H,20,22)/p+1/t18-/m0/s1. The second kappa shape index (κ2) is 7.54. The fourth-order valence-corrected chi connectivity index (χ4v) is 2.88. The van der Waals surface area contributed by atoms with Gasteiger partial charge in [-0.25, -0.2) is 0 Å².